The Kier molecular flexibility index (Phi) is 4.74. The van der Waals surface area contributed by atoms with E-state index in [0.717, 1.165) is 0 Å². The maximum Gasteiger partial charge on any atom is 0.233 e. The predicted molar refractivity (Wildman–Crippen MR) is 63.7 cm³/mol. The maximum atomic E-state index is 12.3. The van der Waals surface area contributed by atoms with Gasteiger partial charge in [0.1, 0.15) is 5.92 Å². The summed E-state index contributed by atoms with van der Waals surface area (Å²) in [6.45, 7) is 7.34. The molecule has 2 atom stereocenters. The number of hydrogen-bond donors (Lipinski definition) is 2. The molecule has 0 bridgehead atoms. The molecule has 0 aromatic carbocycles. The second-order valence-corrected chi connectivity index (χ2v) is 4.71. The highest BCUT2D eigenvalue weighted by atomic mass is 16.5. The molecular weight excluding hydrogens is 222 g/mol. The van der Waals surface area contributed by atoms with Gasteiger partial charge in [0.15, 0.2) is 5.84 Å². The summed E-state index contributed by atoms with van der Waals surface area (Å²) in [6, 6.07) is 0. The van der Waals surface area contributed by atoms with Gasteiger partial charge in [0.2, 0.25) is 5.91 Å². The zero-order chi connectivity index (χ0) is 13.0. The highest BCUT2D eigenvalue weighted by molar-refractivity contribution is 6.02. The first-order chi connectivity index (χ1) is 7.97. The van der Waals surface area contributed by atoms with Crippen molar-refractivity contribution in [3.63, 3.8) is 0 Å². The van der Waals surface area contributed by atoms with E-state index < -0.39 is 5.92 Å². The lowest BCUT2D eigenvalue weighted by atomic mass is 9.93. The number of amides is 1. The molecule has 0 spiro atoms. The number of ether oxygens (including phenoxy) is 1. The van der Waals surface area contributed by atoms with Crippen LogP contribution in [0, 0.1) is 11.8 Å². The molecule has 1 fully saturated rings. The van der Waals surface area contributed by atoms with Crippen molar-refractivity contribution in [2.24, 2.45) is 22.7 Å². The number of hydrogen-bond acceptors (Lipinski definition) is 4. The van der Waals surface area contributed by atoms with Crippen molar-refractivity contribution < 1.29 is 14.7 Å². The standard InChI is InChI=1S/C11H21N3O3/c1-7(2)9(10(12)13-16)11(15)14-4-5-17-8(3)6-14/h7-9,16H,4-6H2,1-3H3,(H2,12,13). The van der Waals surface area contributed by atoms with Crippen molar-refractivity contribution in [1.29, 1.82) is 0 Å². The molecular formula is C11H21N3O3. The van der Waals surface area contributed by atoms with E-state index in [1.807, 2.05) is 20.8 Å². The van der Waals surface area contributed by atoms with Gasteiger partial charge >= 0.3 is 0 Å². The highest BCUT2D eigenvalue weighted by Gasteiger charge is 2.32. The molecule has 0 aromatic rings. The van der Waals surface area contributed by atoms with Crippen LogP contribution in [0.4, 0.5) is 0 Å². The van der Waals surface area contributed by atoms with Crippen molar-refractivity contribution in [3.05, 3.63) is 0 Å². The molecule has 17 heavy (non-hydrogen) atoms. The van der Waals surface area contributed by atoms with Crippen molar-refractivity contribution in [2.75, 3.05) is 19.7 Å². The second kappa shape index (κ2) is 5.86. The molecule has 1 saturated heterocycles. The molecule has 3 N–H and O–H groups in total. The summed E-state index contributed by atoms with van der Waals surface area (Å²) < 4.78 is 5.38. The number of rotatable bonds is 3. The van der Waals surface area contributed by atoms with E-state index in [1.165, 1.54) is 0 Å². The number of carbonyl (C=O) groups excluding carboxylic acids is 1. The van der Waals surface area contributed by atoms with Gasteiger partial charge in [-0.25, -0.2) is 0 Å². The molecule has 1 aliphatic heterocycles. The average Bonchev–Trinajstić information content (AvgIpc) is 2.28. The Bertz CT molecular complexity index is 304. The lowest BCUT2D eigenvalue weighted by Crippen LogP contribution is -2.50. The first kappa shape index (κ1) is 13.8. The van der Waals surface area contributed by atoms with Crippen LogP contribution in [0.5, 0.6) is 0 Å². The van der Waals surface area contributed by atoms with Crippen molar-refractivity contribution in [3.8, 4) is 0 Å². The van der Waals surface area contributed by atoms with Crippen LogP contribution in [-0.4, -0.2) is 47.7 Å². The van der Waals surface area contributed by atoms with Crippen molar-refractivity contribution in [1.82, 2.24) is 4.90 Å². The number of carbonyl (C=O) groups is 1. The van der Waals surface area contributed by atoms with Gasteiger partial charge in [0.25, 0.3) is 0 Å². The molecule has 1 heterocycles. The van der Waals surface area contributed by atoms with Crippen LogP contribution in [0.3, 0.4) is 0 Å². The summed E-state index contributed by atoms with van der Waals surface area (Å²) in [7, 11) is 0. The molecule has 2 unspecified atom stereocenters. The summed E-state index contributed by atoms with van der Waals surface area (Å²) in [6.07, 6.45) is 0.0350. The van der Waals surface area contributed by atoms with Gasteiger partial charge in [-0.05, 0) is 12.8 Å². The smallest absolute Gasteiger partial charge is 0.233 e. The summed E-state index contributed by atoms with van der Waals surface area (Å²) in [5.41, 5.74) is 5.58. The lowest BCUT2D eigenvalue weighted by molar-refractivity contribution is -0.141. The Labute approximate surface area is 101 Å². The SMILES string of the molecule is CC1CN(C(=O)C(C(N)=NO)C(C)C)CCO1. The van der Waals surface area contributed by atoms with E-state index in [0.29, 0.717) is 19.7 Å². The minimum Gasteiger partial charge on any atom is -0.409 e. The molecule has 0 radical (unpaired) electrons. The van der Waals surface area contributed by atoms with Crippen LogP contribution in [0.2, 0.25) is 0 Å². The van der Waals surface area contributed by atoms with Gasteiger partial charge in [-0.15, -0.1) is 0 Å². The van der Waals surface area contributed by atoms with Gasteiger partial charge in [-0.1, -0.05) is 19.0 Å². The van der Waals surface area contributed by atoms with Gasteiger partial charge in [0.05, 0.1) is 12.7 Å². The molecule has 1 amide bonds. The van der Waals surface area contributed by atoms with E-state index in [9.17, 15) is 4.79 Å². The summed E-state index contributed by atoms with van der Waals surface area (Å²) in [5.74, 6) is -0.684. The normalized spacial score (nSPS) is 23.9. The van der Waals surface area contributed by atoms with Crippen molar-refractivity contribution in [2.45, 2.75) is 26.9 Å². The van der Waals surface area contributed by atoms with Crippen LogP contribution in [0.1, 0.15) is 20.8 Å². The monoisotopic (exact) mass is 243 g/mol. The van der Waals surface area contributed by atoms with Crippen LogP contribution in [0.15, 0.2) is 5.16 Å². The molecule has 0 aromatic heterocycles. The maximum absolute atomic E-state index is 12.3. The molecule has 1 rings (SSSR count). The third kappa shape index (κ3) is 3.33. The van der Waals surface area contributed by atoms with Crippen molar-refractivity contribution >= 4 is 11.7 Å². The van der Waals surface area contributed by atoms with Crippen LogP contribution in [-0.2, 0) is 9.53 Å². The average molecular weight is 243 g/mol. The van der Waals surface area contributed by atoms with Gasteiger partial charge < -0.3 is 20.6 Å². The number of oxime groups is 1. The highest BCUT2D eigenvalue weighted by Crippen LogP contribution is 2.17. The Morgan fingerprint density at radius 2 is 2.24 bits per heavy atom. The lowest BCUT2D eigenvalue weighted by Gasteiger charge is -2.34. The quantitative estimate of drug-likeness (QED) is 0.322. The van der Waals surface area contributed by atoms with E-state index in [4.69, 9.17) is 15.7 Å². The predicted octanol–water partition coefficient (Wildman–Crippen LogP) is 0.252. The molecule has 0 aliphatic carbocycles. The van der Waals surface area contributed by atoms with E-state index in [2.05, 4.69) is 5.16 Å². The van der Waals surface area contributed by atoms with E-state index >= 15 is 0 Å². The zero-order valence-corrected chi connectivity index (χ0v) is 10.6. The fourth-order valence-electron chi connectivity index (χ4n) is 2.03. The Hall–Kier alpha value is -1.30. The zero-order valence-electron chi connectivity index (χ0n) is 10.6. The summed E-state index contributed by atoms with van der Waals surface area (Å²) in [5, 5.41) is 11.7. The number of nitrogens with two attached hydrogens (primary N) is 1. The Balaban J connectivity index is 2.77. The van der Waals surface area contributed by atoms with Gasteiger partial charge in [-0.3, -0.25) is 4.79 Å². The summed E-state index contributed by atoms with van der Waals surface area (Å²) in [4.78, 5) is 14.0. The number of morpholine rings is 1. The second-order valence-electron chi connectivity index (χ2n) is 4.71. The largest absolute Gasteiger partial charge is 0.409 e. The third-order valence-electron chi connectivity index (χ3n) is 2.92. The van der Waals surface area contributed by atoms with E-state index in [-0.39, 0.29) is 23.8 Å². The Morgan fingerprint density at radius 1 is 1.59 bits per heavy atom. The molecule has 98 valence electrons. The van der Waals surface area contributed by atoms with Gasteiger partial charge in [0, 0.05) is 13.1 Å². The van der Waals surface area contributed by atoms with Crippen LogP contribution in [0.25, 0.3) is 0 Å². The first-order valence-corrected chi connectivity index (χ1v) is 5.85. The summed E-state index contributed by atoms with van der Waals surface area (Å²) >= 11 is 0. The van der Waals surface area contributed by atoms with E-state index in [1.54, 1.807) is 4.90 Å². The number of nitrogens with zero attached hydrogens (tertiary/aromatic N) is 2. The fraction of sp³-hybridized carbons (Fsp3) is 0.818. The van der Waals surface area contributed by atoms with Crippen LogP contribution < -0.4 is 5.73 Å². The first-order valence-electron chi connectivity index (χ1n) is 5.85. The minimum absolute atomic E-state index is 0.00319. The third-order valence-corrected chi connectivity index (χ3v) is 2.92. The van der Waals surface area contributed by atoms with Gasteiger partial charge in [-0.2, -0.15) is 0 Å². The molecule has 1 aliphatic rings. The number of amidine groups is 1. The Morgan fingerprint density at radius 3 is 2.71 bits per heavy atom. The molecule has 6 heteroatoms. The topological polar surface area (TPSA) is 88.2 Å². The van der Waals surface area contributed by atoms with Crippen LogP contribution >= 0.6 is 0 Å². The molecule has 6 nitrogen and oxygen atoms in total. The molecule has 0 saturated carbocycles. The minimum atomic E-state index is -0.565. The fourth-order valence-corrected chi connectivity index (χ4v) is 2.03.